The van der Waals surface area contributed by atoms with E-state index in [-0.39, 0.29) is 5.91 Å². The molecule has 2 fully saturated rings. The monoisotopic (exact) mass is 233 g/mol. The number of aromatic nitrogens is 2. The number of nitrogens with zero attached hydrogens (tertiary/aromatic N) is 3. The molecule has 2 atom stereocenters. The van der Waals surface area contributed by atoms with Gasteiger partial charge in [-0.15, -0.1) is 0 Å². The molecule has 1 aromatic heterocycles. The van der Waals surface area contributed by atoms with Crippen molar-refractivity contribution in [2.24, 2.45) is 18.9 Å². The highest BCUT2D eigenvalue weighted by molar-refractivity contribution is 5.90. The van der Waals surface area contributed by atoms with E-state index >= 15 is 0 Å². The van der Waals surface area contributed by atoms with Crippen molar-refractivity contribution in [2.75, 3.05) is 13.1 Å². The summed E-state index contributed by atoms with van der Waals surface area (Å²) in [5.74, 6) is 2.14. The van der Waals surface area contributed by atoms with Gasteiger partial charge in [0.05, 0.1) is 0 Å². The number of carbonyl (C=O) groups excluding carboxylic acids is 1. The van der Waals surface area contributed by atoms with E-state index in [4.69, 9.17) is 0 Å². The average Bonchev–Trinajstić information content (AvgIpc) is 2.74. The van der Waals surface area contributed by atoms with Crippen LogP contribution in [0.3, 0.4) is 0 Å². The molecule has 0 spiro atoms. The van der Waals surface area contributed by atoms with Crippen LogP contribution in [0.4, 0.5) is 0 Å². The molecule has 2 unspecified atom stereocenters. The number of aryl methyl sites for hydroxylation is 1. The molecular weight excluding hydrogens is 214 g/mol. The first-order valence-corrected chi connectivity index (χ1v) is 6.50. The molecule has 92 valence electrons. The lowest BCUT2D eigenvalue weighted by Crippen LogP contribution is -2.46. The molecule has 4 nitrogen and oxygen atoms in total. The fourth-order valence-electron chi connectivity index (χ4n) is 3.31. The van der Waals surface area contributed by atoms with Crippen LogP contribution in [0.25, 0.3) is 0 Å². The van der Waals surface area contributed by atoms with E-state index in [0.717, 1.165) is 24.9 Å². The summed E-state index contributed by atoms with van der Waals surface area (Å²) in [5, 5.41) is 0. The van der Waals surface area contributed by atoms with Gasteiger partial charge < -0.3 is 9.47 Å². The van der Waals surface area contributed by atoms with E-state index in [1.807, 2.05) is 22.7 Å². The summed E-state index contributed by atoms with van der Waals surface area (Å²) in [7, 11) is 1.88. The van der Waals surface area contributed by atoms with Gasteiger partial charge in [-0.25, -0.2) is 4.98 Å². The third-order valence-electron chi connectivity index (χ3n) is 4.15. The summed E-state index contributed by atoms with van der Waals surface area (Å²) in [5.41, 5.74) is 0. The Balaban J connectivity index is 1.76. The van der Waals surface area contributed by atoms with E-state index in [1.165, 1.54) is 25.7 Å². The molecule has 1 saturated heterocycles. The van der Waals surface area contributed by atoms with E-state index in [0.29, 0.717) is 5.82 Å². The maximum Gasteiger partial charge on any atom is 0.289 e. The molecule has 1 aromatic rings. The van der Waals surface area contributed by atoms with Crippen LogP contribution in [0.5, 0.6) is 0 Å². The minimum Gasteiger partial charge on any atom is -0.335 e. The van der Waals surface area contributed by atoms with Crippen LogP contribution in [0, 0.1) is 11.8 Å². The van der Waals surface area contributed by atoms with Gasteiger partial charge in [-0.2, -0.15) is 0 Å². The molecule has 1 saturated carbocycles. The van der Waals surface area contributed by atoms with Gasteiger partial charge in [0.25, 0.3) is 5.91 Å². The van der Waals surface area contributed by atoms with Gasteiger partial charge in [0.15, 0.2) is 5.82 Å². The standard InChI is InChI=1S/C13H19N3O/c1-15-6-5-14-12(15)13(17)16-8-10-3-2-4-11(7-10)9-16/h5-6,10-11H,2-4,7-9H2,1H3. The quantitative estimate of drug-likeness (QED) is 0.740. The van der Waals surface area contributed by atoms with Crippen molar-refractivity contribution >= 4 is 5.91 Å². The third kappa shape index (κ3) is 1.96. The van der Waals surface area contributed by atoms with Gasteiger partial charge in [0.1, 0.15) is 0 Å². The SMILES string of the molecule is Cn1ccnc1C(=O)N1CC2CCCC(C2)C1. The van der Waals surface area contributed by atoms with Crippen LogP contribution in [0.15, 0.2) is 12.4 Å². The maximum atomic E-state index is 12.4. The number of hydrogen-bond donors (Lipinski definition) is 0. The predicted molar refractivity (Wildman–Crippen MR) is 64.6 cm³/mol. The molecule has 1 amide bonds. The van der Waals surface area contributed by atoms with E-state index in [9.17, 15) is 4.79 Å². The van der Waals surface area contributed by atoms with Crippen molar-refractivity contribution in [1.29, 1.82) is 0 Å². The zero-order valence-corrected chi connectivity index (χ0v) is 10.3. The maximum absolute atomic E-state index is 12.4. The lowest BCUT2D eigenvalue weighted by molar-refractivity contribution is 0.0490. The minimum absolute atomic E-state index is 0.106. The number of piperidine rings is 1. The number of rotatable bonds is 1. The first-order valence-electron chi connectivity index (χ1n) is 6.50. The molecular formula is C13H19N3O. The van der Waals surface area contributed by atoms with Crippen LogP contribution in [0.1, 0.15) is 36.3 Å². The van der Waals surface area contributed by atoms with Gasteiger partial charge in [-0.1, -0.05) is 6.42 Å². The number of carbonyl (C=O) groups is 1. The fourth-order valence-corrected chi connectivity index (χ4v) is 3.31. The summed E-state index contributed by atoms with van der Waals surface area (Å²) < 4.78 is 1.81. The van der Waals surface area contributed by atoms with Crippen molar-refractivity contribution in [3.63, 3.8) is 0 Å². The Bertz CT molecular complexity index is 414. The summed E-state index contributed by atoms with van der Waals surface area (Å²) in [6, 6.07) is 0. The fraction of sp³-hybridized carbons (Fsp3) is 0.692. The van der Waals surface area contributed by atoms with E-state index in [1.54, 1.807) is 6.20 Å². The molecule has 2 heterocycles. The van der Waals surface area contributed by atoms with E-state index < -0.39 is 0 Å². The zero-order valence-electron chi connectivity index (χ0n) is 10.3. The van der Waals surface area contributed by atoms with Gasteiger partial charge in [-0.05, 0) is 31.1 Å². The van der Waals surface area contributed by atoms with Crippen LogP contribution in [-0.2, 0) is 7.05 Å². The highest BCUT2D eigenvalue weighted by atomic mass is 16.2. The lowest BCUT2D eigenvalue weighted by atomic mass is 9.78. The topological polar surface area (TPSA) is 38.1 Å². The smallest absolute Gasteiger partial charge is 0.289 e. The van der Waals surface area contributed by atoms with Crippen molar-refractivity contribution in [1.82, 2.24) is 14.5 Å². The van der Waals surface area contributed by atoms with Gasteiger partial charge in [0.2, 0.25) is 0 Å². The van der Waals surface area contributed by atoms with Crippen molar-refractivity contribution in [2.45, 2.75) is 25.7 Å². The van der Waals surface area contributed by atoms with Crippen LogP contribution < -0.4 is 0 Å². The Morgan fingerprint density at radius 2 is 2.06 bits per heavy atom. The van der Waals surface area contributed by atoms with Crippen LogP contribution >= 0.6 is 0 Å². The number of fused-ring (bicyclic) bond motifs is 2. The first-order chi connectivity index (χ1) is 8.24. The second-order valence-corrected chi connectivity index (χ2v) is 5.47. The number of likely N-dealkylation sites (tertiary alicyclic amines) is 1. The summed E-state index contributed by atoms with van der Waals surface area (Å²) >= 11 is 0. The molecule has 1 aliphatic carbocycles. The molecule has 0 N–H and O–H groups in total. The third-order valence-corrected chi connectivity index (χ3v) is 4.15. The first kappa shape index (κ1) is 10.8. The minimum atomic E-state index is 0.106. The molecule has 2 aliphatic rings. The average molecular weight is 233 g/mol. The summed E-state index contributed by atoms with van der Waals surface area (Å²) in [4.78, 5) is 18.5. The second-order valence-electron chi connectivity index (χ2n) is 5.47. The lowest BCUT2D eigenvalue weighted by Gasteiger charge is -2.41. The summed E-state index contributed by atoms with van der Waals surface area (Å²) in [6.45, 7) is 1.87. The molecule has 0 aromatic carbocycles. The predicted octanol–water partition coefficient (Wildman–Crippen LogP) is 1.68. The molecule has 1 aliphatic heterocycles. The van der Waals surface area contributed by atoms with Crippen molar-refractivity contribution in [3.05, 3.63) is 18.2 Å². The summed E-state index contributed by atoms with van der Waals surface area (Å²) in [6.07, 6.45) is 8.78. The molecule has 0 radical (unpaired) electrons. The normalized spacial score (nSPS) is 28.2. The van der Waals surface area contributed by atoms with Gasteiger partial charge in [-0.3, -0.25) is 4.79 Å². The molecule has 4 heteroatoms. The highest BCUT2D eigenvalue weighted by Crippen LogP contribution is 2.34. The van der Waals surface area contributed by atoms with Crippen LogP contribution in [0.2, 0.25) is 0 Å². The Kier molecular flexibility index (Phi) is 2.65. The van der Waals surface area contributed by atoms with Crippen molar-refractivity contribution in [3.8, 4) is 0 Å². The Morgan fingerprint density at radius 1 is 1.35 bits per heavy atom. The highest BCUT2D eigenvalue weighted by Gasteiger charge is 2.33. The van der Waals surface area contributed by atoms with Gasteiger partial charge >= 0.3 is 0 Å². The number of amides is 1. The Hall–Kier alpha value is -1.32. The second kappa shape index (κ2) is 4.17. The van der Waals surface area contributed by atoms with E-state index in [2.05, 4.69) is 4.98 Å². The number of imidazole rings is 1. The Labute approximate surface area is 102 Å². The molecule has 3 rings (SSSR count). The molecule has 17 heavy (non-hydrogen) atoms. The van der Waals surface area contributed by atoms with Crippen molar-refractivity contribution < 1.29 is 4.79 Å². The Morgan fingerprint density at radius 3 is 2.65 bits per heavy atom. The largest absolute Gasteiger partial charge is 0.335 e. The van der Waals surface area contributed by atoms with Gasteiger partial charge in [0, 0.05) is 32.5 Å². The molecule has 2 bridgehead atoms. The van der Waals surface area contributed by atoms with Crippen LogP contribution in [-0.4, -0.2) is 33.4 Å². The zero-order chi connectivity index (χ0) is 11.8. The number of hydrogen-bond acceptors (Lipinski definition) is 2.